The largest absolute Gasteiger partial charge is 0.450 e. The predicted molar refractivity (Wildman–Crippen MR) is 112 cm³/mol. The first-order chi connectivity index (χ1) is 13.1. The number of pyridine rings is 1. The number of halogens is 1. The number of carbonyl (C=O) groups excluding carboxylic acids is 1. The van der Waals surface area contributed by atoms with E-state index < -0.39 is 0 Å². The minimum atomic E-state index is -0.148. The molecular formula is C20H14BrN3O2S. The zero-order valence-corrected chi connectivity index (χ0v) is 16.7. The molecule has 7 heteroatoms. The van der Waals surface area contributed by atoms with E-state index in [9.17, 15) is 4.79 Å². The van der Waals surface area contributed by atoms with Gasteiger partial charge in [0.1, 0.15) is 5.76 Å². The molecule has 0 aliphatic carbocycles. The molecule has 0 spiro atoms. The highest BCUT2D eigenvalue weighted by atomic mass is 79.9. The van der Waals surface area contributed by atoms with Crippen LogP contribution in [0.4, 0.5) is 11.5 Å². The molecular weight excluding hydrogens is 426 g/mol. The van der Waals surface area contributed by atoms with E-state index in [2.05, 4.69) is 25.9 Å². The van der Waals surface area contributed by atoms with Crippen LogP contribution in [0.5, 0.6) is 0 Å². The quantitative estimate of drug-likeness (QED) is 0.501. The van der Waals surface area contributed by atoms with Crippen molar-refractivity contribution in [1.82, 2.24) is 4.98 Å². The van der Waals surface area contributed by atoms with Crippen molar-refractivity contribution in [1.29, 1.82) is 0 Å². The molecule has 0 atom stereocenters. The summed E-state index contributed by atoms with van der Waals surface area (Å²) >= 11 is 4.58. The Balaban J connectivity index is 1.77. The van der Waals surface area contributed by atoms with Crippen LogP contribution < -0.4 is 4.90 Å². The van der Waals surface area contributed by atoms with Gasteiger partial charge in [0.05, 0.1) is 10.6 Å². The number of hydrogen-bond acceptors (Lipinski definition) is 5. The predicted octanol–water partition coefficient (Wildman–Crippen LogP) is 5.55. The number of nitrogens with zero attached hydrogens (tertiary/aromatic N) is 3. The minimum Gasteiger partial charge on any atom is -0.450 e. The van der Waals surface area contributed by atoms with E-state index in [-0.39, 0.29) is 5.91 Å². The summed E-state index contributed by atoms with van der Waals surface area (Å²) in [4.78, 5) is 24.2. The molecule has 1 saturated heterocycles. The summed E-state index contributed by atoms with van der Waals surface area (Å²) in [7, 11) is 0. The minimum absolute atomic E-state index is 0.148. The van der Waals surface area contributed by atoms with Crippen LogP contribution >= 0.6 is 27.7 Å². The summed E-state index contributed by atoms with van der Waals surface area (Å²) in [6.07, 6.45) is 1.72. The topological polar surface area (TPSA) is 58.7 Å². The first kappa shape index (κ1) is 17.8. The summed E-state index contributed by atoms with van der Waals surface area (Å²) in [6, 6.07) is 18.7. The molecule has 0 saturated carbocycles. The Morgan fingerprint density at radius 3 is 2.63 bits per heavy atom. The fourth-order valence-electron chi connectivity index (χ4n) is 2.58. The molecule has 4 rings (SSSR count). The number of benzene rings is 1. The van der Waals surface area contributed by atoms with E-state index in [4.69, 9.17) is 4.42 Å². The van der Waals surface area contributed by atoms with Gasteiger partial charge in [-0.3, -0.25) is 9.69 Å². The Bertz CT molecular complexity index is 1060. The molecule has 0 radical (unpaired) electrons. The smallest absolute Gasteiger partial charge is 0.271 e. The van der Waals surface area contributed by atoms with Crippen LogP contribution in [0, 0.1) is 6.92 Å². The van der Waals surface area contributed by atoms with Gasteiger partial charge in [0.15, 0.2) is 15.7 Å². The number of rotatable bonds is 3. The van der Waals surface area contributed by atoms with Crippen molar-refractivity contribution >= 4 is 56.3 Å². The number of aromatic nitrogens is 1. The number of hydrogen-bond donors (Lipinski definition) is 0. The lowest BCUT2D eigenvalue weighted by atomic mass is 10.3. The normalized spacial score (nSPS) is 17.3. The second kappa shape index (κ2) is 7.54. The number of carbonyl (C=O) groups is 1. The van der Waals surface area contributed by atoms with Crippen LogP contribution in [-0.4, -0.2) is 16.1 Å². The number of anilines is 1. The van der Waals surface area contributed by atoms with E-state index in [1.807, 2.05) is 55.5 Å². The Labute approximate surface area is 168 Å². The molecule has 3 aromatic rings. The summed E-state index contributed by atoms with van der Waals surface area (Å²) in [5, 5.41) is 0.557. The molecule has 1 amide bonds. The van der Waals surface area contributed by atoms with Gasteiger partial charge in [-0.15, -0.1) is 0 Å². The molecule has 1 aliphatic heterocycles. The van der Waals surface area contributed by atoms with Crippen LogP contribution in [0.1, 0.15) is 11.5 Å². The first-order valence-electron chi connectivity index (χ1n) is 8.17. The second-order valence-electron chi connectivity index (χ2n) is 5.76. The van der Waals surface area contributed by atoms with E-state index in [0.717, 1.165) is 11.4 Å². The Morgan fingerprint density at radius 2 is 1.93 bits per heavy atom. The van der Waals surface area contributed by atoms with Crippen LogP contribution in [0.3, 0.4) is 0 Å². The third-order valence-electron chi connectivity index (χ3n) is 3.77. The molecule has 1 aromatic carbocycles. The number of aryl methyl sites for hydroxylation is 1. The Hall–Kier alpha value is -2.64. The van der Waals surface area contributed by atoms with Gasteiger partial charge in [0.25, 0.3) is 5.91 Å². The average molecular weight is 440 g/mol. The van der Waals surface area contributed by atoms with Crippen molar-refractivity contribution in [2.24, 2.45) is 4.99 Å². The van der Waals surface area contributed by atoms with E-state index in [1.165, 1.54) is 11.8 Å². The van der Waals surface area contributed by atoms with Crippen LogP contribution in [0.15, 0.2) is 79.6 Å². The molecule has 1 aliphatic rings. The highest BCUT2D eigenvalue weighted by molar-refractivity contribution is 9.10. The molecule has 0 unspecified atom stereocenters. The van der Waals surface area contributed by atoms with Gasteiger partial charge in [0, 0.05) is 11.8 Å². The lowest BCUT2D eigenvalue weighted by Gasteiger charge is -2.15. The van der Waals surface area contributed by atoms with Gasteiger partial charge in [0.2, 0.25) is 0 Å². The molecule has 5 nitrogen and oxygen atoms in total. The summed E-state index contributed by atoms with van der Waals surface area (Å²) in [5.74, 6) is 1.01. The van der Waals surface area contributed by atoms with Crippen molar-refractivity contribution in [3.05, 3.63) is 81.7 Å². The third kappa shape index (κ3) is 3.89. The molecule has 0 N–H and O–H groups in total. The van der Waals surface area contributed by atoms with Gasteiger partial charge in [-0.05, 0) is 71.0 Å². The maximum absolute atomic E-state index is 13.1. The van der Waals surface area contributed by atoms with Crippen molar-refractivity contribution in [3.63, 3.8) is 0 Å². The van der Waals surface area contributed by atoms with E-state index in [1.54, 1.807) is 23.1 Å². The number of amides is 1. The summed E-state index contributed by atoms with van der Waals surface area (Å²) < 4.78 is 6.12. The maximum Gasteiger partial charge on any atom is 0.271 e. The summed E-state index contributed by atoms with van der Waals surface area (Å²) in [5.41, 5.74) is 1.62. The third-order valence-corrected chi connectivity index (χ3v) is 5.17. The lowest BCUT2D eigenvalue weighted by Crippen LogP contribution is -2.28. The lowest BCUT2D eigenvalue weighted by molar-refractivity contribution is -0.113. The molecule has 27 heavy (non-hydrogen) atoms. The van der Waals surface area contributed by atoms with E-state index in [0.29, 0.717) is 26.3 Å². The van der Waals surface area contributed by atoms with Crippen molar-refractivity contribution in [2.75, 3.05) is 4.90 Å². The second-order valence-corrected chi connectivity index (χ2v) is 7.55. The molecule has 1 fully saturated rings. The highest BCUT2D eigenvalue weighted by Crippen LogP contribution is 2.37. The maximum atomic E-state index is 13.1. The Morgan fingerprint density at radius 1 is 1.11 bits per heavy atom. The van der Waals surface area contributed by atoms with Gasteiger partial charge in [-0.25, -0.2) is 9.98 Å². The summed E-state index contributed by atoms with van der Waals surface area (Å²) in [6.45, 7) is 1.91. The number of aliphatic imine (C=N–C) groups is 1. The fraction of sp³-hybridized carbons (Fsp3) is 0.0500. The van der Waals surface area contributed by atoms with Crippen LogP contribution in [0.25, 0.3) is 6.08 Å². The first-order valence-corrected chi connectivity index (χ1v) is 9.78. The monoisotopic (exact) mass is 439 g/mol. The molecule has 134 valence electrons. The van der Waals surface area contributed by atoms with Crippen molar-refractivity contribution in [2.45, 2.75) is 6.92 Å². The number of thioether (sulfide) groups is 1. The van der Waals surface area contributed by atoms with Crippen LogP contribution in [-0.2, 0) is 4.79 Å². The average Bonchev–Trinajstić information content (AvgIpc) is 3.19. The van der Waals surface area contributed by atoms with Gasteiger partial charge < -0.3 is 4.42 Å². The Kier molecular flexibility index (Phi) is 4.96. The van der Waals surface area contributed by atoms with Gasteiger partial charge >= 0.3 is 0 Å². The van der Waals surface area contributed by atoms with Gasteiger partial charge in [-0.2, -0.15) is 0 Å². The zero-order valence-electron chi connectivity index (χ0n) is 14.3. The van der Waals surface area contributed by atoms with Crippen molar-refractivity contribution in [3.8, 4) is 0 Å². The number of furan rings is 1. The van der Waals surface area contributed by atoms with Crippen molar-refractivity contribution < 1.29 is 9.21 Å². The number of amidine groups is 1. The molecule has 0 bridgehead atoms. The number of para-hydroxylation sites is 1. The van der Waals surface area contributed by atoms with Crippen LogP contribution in [0.2, 0.25) is 0 Å². The highest BCUT2D eigenvalue weighted by Gasteiger charge is 2.35. The molecule has 3 heterocycles. The SMILES string of the molecule is Cc1cccc(/N=C2/S/C(=C/c3ccc(Br)o3)C(=O)N2c2ccccc2)n1. The standard InChI is InChI=1S/C20H14BrN3O2S/c1-13-6-5-9-18(22-13)23-20-24(14-7-3-2-4-8-14)19(25)16(27-20)12-15-10-11-17(21)26-15/h2-12H,1H3/b16-12+,23-20+. The zero-order chi connectivity index (χ0) is 18.8. The van der Waals surface area contributed by atoms with E-state index >= 15 is 0 Å². The molecule has 2 aromatic heterocycles. The fourth-order valence-corrected chi connectivity index (χ4v) is 3.87. The van der Waals surface area contributed by atoms with Gasteiger partial charge in [-0.1, -0.05) is 24.3 Å².